The van der Waals surface area contributed by atoms with Gasteiger partial charge < -0.3 is 5.73 Å². The van der Waals surface area contributed by atoms with Crippen LogP contribution in [-0.2, 0) is 6.54 Å². The highest BCUT2D eigenvalue weighted by Crippen LogP contribution is 2.19. The molecular formula is C12H17BrN2. The van der Waals surface area contributed by atoms with Gasteiger partial charge in [0, 0.05) is 30.1 Å². The van der Waals surface area contributed by atoms with Gasteiger partial charge in [-0.2, -0.15) is 0 Å². The fourth-order valence-electron chi connectivity index (χ4n) is 2.07. The monoisotopic (exact) mass is 268 g/mol. The molecule has 1 aliphatic rings. The predicted octanol–water partition coefficient (Wildman–Crippen LogP) is 2.29. The maximum Gasteiger partial charge on any atom is 0.0234 e. The summed E-state index contributed by atoms with van der Waals surface area (Å²) in [5, 5.41) is 0. The standard InChI is InChI=1S/C12H17BrN2/c1-9-6-10(2-3-12(9)13)7-15-5-4-11(14)8-15/h2-3,6,11H,4-5,7-8,14H2,1H3/t11-/m0/s1. The third kappa shape index (κ3) is 2.80. The van der Waals surface area contributed by atoms with Crippen molar-refractivity contribution < 1.29 is 0 Å². The van der Waals surface area contributed by atoms with Gasteiger partial charge in [0.15, 0.2) is 0 Å². The van der Waals surface area contributed by atoms with Crippen LogP contribution in [-0.4, -0.2) is 24.0 Å². The van der Waals surface area contributed by atoms with E-state index in [0.717, 1.165) is 26.1 Å². The molecule has 1 aliphatic heterocycles. The van der Waals surface area contributed by atoms with Crippen LogP contribution in [0.5, 0.6) is 0 Å². The molecule has 1 heterocycles. The minimum Gasteiger partial charge on any atom is -0.326 e. The van der Waals surface area contributed by atoms with Gasteiger partial charge in [-0.25, -0.2) is 0 Å². The molecule has 1 saturated heterocycles. The van der Waals surface area contributed by atoms with Crippen LogP contribution in [0.4, 0.5) is 0 Å². The van der Waals surface area contributed by atoms with Crippen LogP contribution in [0.2, 0.25) is 0 Å². The van der Waals surface area contributed by atoms with Gasteiger partial charge in [0.25, 0.3) is 0 Å². The van der Waals surface area contributed by atoms with Crippen molar-refractivity contribution in [2.24, 2.45) is 5.73 Å². The molecule has 2 nitrogen and oxygen atoms in total. The smallest absolute Gasteiger partial charge is 0.0234 e. The molecule has 0 unspecified atom stereocenters. The number of halogens is 1. The zero-order chi connectivity index (χ0) is 10.8. The zero-order valence-corrected chi connectivity index (χ0v) is 10.6. The molecule has 2 rings (SSSR count). The van der Waals surface area contributed by atoms with Crippen LogP contribution in [0.3, 0.4) is 0 Å². The Balaban J connectivity index is 2.02. The van der Waals surface area contributed by atoms with Crippen molar-refractivity contribution in [2.45, 2.75) is 25.9 Å². The van der Waals surface area contributed by atoms with Crippen molar-refractivity contribution in [3.05, 3.63) is 33.8 Å². The highest BCUT2D eigenvalue weighted by molar-refractivity contribution is 9.10. The lowest BCUT2D eigenvalue weighted by Crippen LogP contribution is -2.26. The van der Waals surface area contributed by atoms with Crippen molar-refractivity contribution in [3.8, 4) is 0 Å². The summed E-state index contributed by atoms with van der Waals surface area (Å²) >= 11 is 3.52. The summed E-state index contributed by atoms with van der Waals surface area (Å²) in [6.45, 7) is 5.33. The number of hydrogen-bond donors (Lipinski definition) is 1. The Bertz CT molecular complexity index is 351. The second kappa shape index (κ2) is 4.64. The van der Waals surface area contributed by atoms with Gasteiger partial charge in [0.1, 0.15) is 0 Å². The van der Waals surface area contributed by atoms with Crippen LogP contribution in [0.1, 0.15) is 17.5 Å². The van der Waals surface area contributed by atoms with Gasteiger partial charge >= 0.3 is 0 Å². The predicted molar refractivity (Wildman–Crippen MR) is 66.7 cm³/mol. The van der Waals surface area contributed by atoms with Gasteiger partial charge in [-0.3, -0.25) is 4.90 Å². The molecule has 1 fully saturated rings. The largest absolute Gasteiger partial charge is 0.326 e. The molecule has 82 valence electrons. The van der Waals surface area contributed by atoms with Crippen LogP contribution >= 0.6 is 15.9 Å². The van der Waals surface area contributed by atoms with E-state index >= 15 is 0 Å². The van der Waals surface area contributed by atoms with Crippen LogP contribution in [0, 0.1) is 6.92 Å². The van der Waals surface area contributed by atoms with Crippen molar-refractivity contribution in [2.75, 3.05) is 13.1 Å². The summed E-state index contributed by atoms with van der Waals surface area (Å²) in [5.41, 5.74) is 8.56. The number of rotatable bonds is 2. The minimum atomic E-state index is 0.376. The number of likely N-dealkylation sites (tertiary alicyclic amines) is 1. The van der Waals surface area contributed by atoms with E-state index in [1.165, 1.54) is 15.6 Å². The molecule has 2 N–H and O–H groups in total. The lowest BCUT2D eigenvalue weighted by atomic mass is 10.1. The summed E-state index contributed by atoms with van der Waals surface area (Å²) in [6, 6.07) is 6.93. The number of nitrogens with two attached hydrogens (primary N) is 1. The van der Waals surface area contributed by atoms with E-state index < -0.39 is 0 Å². The van der Waals surface area contributed by atoms with Crippen molar-refractivity contribution in [1.82, 2.24) is 4.90 Å². The minimum absolute atomic E-state index is 0.376. The Morgan fingerprint density at radius 3 is 2.93 bits per heavy atom. The molecule has 0 aromatic heterocycles. The van der Waals surface area contributed by atoms with Gasteiger partial charge in [0.2, 0.25) is 0 Å². The van der Waals surface area contributed by atoms with Gasteiger partial charge in [-0.15, -0.1) is 0 Å². The van der Waals surface area contributed by atoms with E-state index in [1.807, 2.05) is 0 Å². The highest BCUT2D eigenvalue weighted by atomic mass is 79.9. The normalized spacial score (nSPS) is 22.2. The first-order valence-corrected chi connectivity index (χ1v) is 6.17. The molecule has 3 heteroatoms. The fraction of sp³-hybridized carbons (Fsp3) is 0.500. The third-order valence-electron chi connectivity index (χ3n) is 2.94. The average Bonchev–Trinajstić information content (AvgIpc) is 2.58. The fourth-order valence-corrected chi connectivity index (χ4v) is 2.32. The second-order valence-corrected chi connectivity index (χ2v) is 5.22. The van der Waals surface area contributed by atoms with E-state index in [2.05, 4.69) is 46.0 Å². The number of benzene rings is 1. The molecule has 0 amide bonds. The van der Waals surface area contributed by atoms with Gasteiger partial charge in [-0.05, 0) is 30.5 Å². The van der Waals surface area contributed by atoms with E-state index in [0.29, 0.717) is 6.04 Å². The molecular weight excluding hydrogens is 252 g/mol. The zero-order valence-electron chi connectivity index (χ0n) is 9.04. The van der Waals surface area contributed by atoms with Crippen molar-refractivity contribution in [3.63, 3.8) is 0 Å². The first-order valence-electron chi connectivity index (χ1n) is 5.38. The first kappa shape index (κ1) is 11.1. The lowest BCUT2D eigenvalue weighted by molar-refractivity contribution is 0.327. The molecule has 1 atom stereocenters. The number of nitrogens with zero attached hydrogens (tertiary/aromatic N) is 1. The van der Waals surface area contributed by atoms with E-state index in [9.17, 15) is 0 Å². The van der Waals surface area contributed by atoms with Crippen LogP contribution in [0.15, 0.2) is 22.7 Å². The summed E-state index contributed by atoms with van der Waals surface area (Å²) in [6.07, 6.45) is 1.13. The maximum atomic E-state index is 5.88. The highest BCUT2D eigenvalue weighted by Gasteiger charge is 2.18. The Labute approximate surface area is 99.6 Å². The number of aryl methyl sites for hydroxylation is 1. The second-order valence-electron chi connectivity index (χ2n) is 4.37. The third-order valence-corrected chi connectivity index (χ3v) is 3.83. The van der Waals surface area contributed by atoms with E-state index in [1.54, 1.807) is 0 Å². The van der Waals surface area contributed by atoms with Gasteiger partial charge in [-0.1, -0.05) is 28.1 Å². The van der Waals surface area contributed by atoms with E-state index in [-0.39, 0.29) is 0 Å². The van der Waals surface area contributed by atoms with E-state index in [4.69, 9.17) is 5.73 Å². The Kier molecular flexibility index (Phi) is 3.44. The number of hydrogen-bond acceptors (Lipinski definition) is 2. The Hall–Kier alpha value is -0.380. The first-order chi connectivity index (χ1) is 7.15. The maximum absolute atomic E-state index is 5.88. The average molecular weight is 269 g/mol. The Morgan fingerprint density at radius 2 is 2.33 bits per heavy atom. The summed E-state index contributed by atoms with van der Waals surface area (Å²) in [5.74, 6) is 0. The van der Waals surface area contributed by atoms with Gasteiger partial charge in [0.05, 0.1) is 0 Å². The van der Waals surface area contributed by atoms with Crippen molar-refractivity contribution >= 4 is 15.9 Å². The Morgan fingerprint density at radius 1 is 1.53 bits per heavy atom. The summed E-state index contributed by atoms with van der Waals surface area (Å²) < 4.78 is 1.18. The molecule has 0 bridgehead atoms. The molecule has 15 heavy (non-hydrogen) atoms. The summed E-state index contributed by atoms with van der Waals surface area (Å²) in [7, 11) is 0. The topological polar surface area (TPSA) is 29.3 Å². The van der Waals surface area contributed by atoms with Crippen molar-refractivity contribution in [1.29, 1.82) is 0 Å². The molecule has 0 aliphatic carbocycles. The van der Waals surface area contributed by atoms with Crippen LogP contribution < -0.4 is 5.73 Å². The lowest BCUT2D eigenvalue weighted by Gasteiger charge is -2.15. The quantitative estimate of drug-likeness (QED) is 0.892. The molecule has 1 aromatic rings. The SMILES string of the molecule is Cc1cc(CN2CC[C@H](N)C2)ccc1Br. The summed E-state index contributed by atoms with van der Waals surface area (Å²) in [4.78, 5) is 2.42. The molecule has 1 aromatic carbocycles. The van der Waals surface area contributed by atoms with Crippen LogP contribution in [0.25, 0.3) is 0 Å². The molecule has 0 saturated carbocycles. The molecule has 0 spiro atoms. The molecule has 0 radical (unpaired) electrons.